The number of hydrogen-bond acceptors (Lipinski definition) is 6. The molecule has 0 bridgehead atoms. The highest BCUT2D eigenvalue weighted by Gasteiger charge is 2.22. The molecule has 0 radical (unpaired) electrons. The van der Waals surface area contributed by atoms with Crippen molar-refractivity contribution in [1.29, 1.82) is 0 Å². The molecule has 28 heavy (non-hydrogen) atoms. The molecule has 0 fully saturated rings. The molecule has 1 heterocycles. The van der Waals surface area contributed by atoms with Crippen molar-refractivity contribution in [2.24, 2.45) is 0 Å². The van der Waals surface area contributed by atoms with Crippen LogP contribution in [0.25, 0.3) is 0 Å². The maximum Gasteiger partial charge on any atom is 0.335 e. The van der Waals surface area contributed by atoms with Gasteiger partial charge in [0, 0.05) is 25.7 Å². The summed E-state index contributed by atoms with van der Waals surface area (Å²) in [5.41, 5.74) is 4.49. The van der Waals surface area contributed by atoms with Crippen LogP contribution in [0, 0.1) is 0 Å². The molecule has 1 N–H and O–H groups in total. The largest absolute Gasteiger partial charge is 0.493 e. The predicted molar refractivity (Wildman–Crippen MR) is 105 cm³/mol. The third-order valence-electron chi connectivity index (χ3n) is 4.90. The number of fused-ring (bicyclic) bond motifs is 1. The SMILES string of the molecule is COC(=O)C1=CN(Cc2ccc(OC)c(OC)c2)Cc2cccc(CO)c2C1. The minimum atomic E-state index is -0.363. The minimum absolute atomic E-state index is 0.0622. The lowest BCUT2D eigenvalue weighted by molar-refractivity contribution is -0.136. The van der Waals surface area contributed by atoms with E-state index >= 15 is 0 Å². The van der Waals surface area contributed by atoms with Gasteiger partial charge in [-0.15, -0.1) is 0 Å². The first kappa shape index (κ1) is 19.8. The lowest BCUT2D eigenvalue weighted by Crippen LogP contribution is -2.17. The first-order valence-corrected chi connectivity index (χ1v) is 9.04. The van der Waals surface area contributed by atoms with Crippen molar-refractivity contribution in [3.8, 4) is 11.5 Å². The number of hydrogen-bond donors (Lipinski definition) is 1. The number of ether oxygens (including phenoxy) is 3. The van der Waals surface area contributed by atoms with Gasteiger partial charge in [0.2, 0.25) is 0 Å². The summed E-state index contributed by atoms with van der Waals surface area (Å²) in [5, 5.41) is 9.70. The Bertz CT molecular complexity index is 890. The van der Waals surface area contributed by atoms with Crippen molar-refractivity contribution in [2.75, 3.05) is 21.3 Å². The Morgan fingerprint density at radius 1 is 1.11 bits per heavy atom. The topological polar surface area (TPSA) is 68.2 Å². The molecule has 0 aromatic heterocycles. The van der Waals surface area contributed by atoms with Gasteiger partial charge in [-0.05, 0) is 34.4 Å². The van der Waals surface area contributed by atoms with Crippen LogP contribution < -0.4 is 9.47 Å². The number of carbonyl (C=O) groups excluding carboxylic acids is 1. The zero-order valence-corrected chi connectivity index (χ0v) is 16.4. The Balaban J connectivity index is 1.96. The van der Waals surface area contributed by atoms with E-state index in [1.165, 1.54) is 7.11 Å². The predicted octanol–water partition coefficient (Wildman–Crippen LogP) is 2.81. The molecule has 6 heteroatoms. The number of aliphatic hydroxyl groups is 1. The number of benzene rings is 2. The molecule has 2 aromatic rings. The van der Waals surface area contributed by atoms with Crippen LogP contribution in [0.2, 0.25) is 0 Å². The van der Waals surface area contributed by atoms with Gasteiger partial charge >= 0.3 is 5.97 Å². The number of rotatable bonds is 6. The summed E-state index contributed by atoms with van der Waals surface area (Å²) in [6.45, 7) is 1.15. The van der Waals surface area contributed by atoms with Crippen molar-refractivity contribution < 1.29 is 24.1 Å². The third kappa shape index (κ3) is 4.12. The van der Waals surface area contributed by atoms with Gasteiger partial charge in [0.05, 0.1) is 33.5 Å². The highest BCUT2D eigenvalue weighted by molar-refractivity contribution is 5.89. The summed E-state index contributed by atoms with van der Waals surface area (Å²) >= 11 is 0. The monoisotopic (exact) mass is 383 g/mol. The van der Waals surface area contributed by atoms with Crippen LogP contribution in [0.1, 0.15) is 22.3 Å². The van der Waals surface area contributed by atoms with Crippen molar-refractivity contribution >= 4 is 5.97 Å². The molecule has 3 rings (SSSR count). The van der Waals surface area contributed by atoms with Crippen LogP contribution in [0.15, 0.2) is 48.2 Å². The molecule has 2 aromatic carbocycles. The van der Waals surface area contributed by atoms with E-state index in [-0.39, 0.29) is 12.6 Å². The number of aliphatic hydroxyl groups excluding tert-OH is 1. The van der Waals surface area contributed by atoms with E-state index in [9.17, 15) is 9.90 Å². The van der Waals surface area contributed by atoms with Crippen molar-refractivity contribution in [1.82, 2.24) is 4.90 Å². The molecule has 6 nitrogen and oxygen atoms in total. The highest BCUT2D eigenvalue weighted by atomic mass is 16.5. The molecule has 0 saturated heterocycles. The molecule has 0 amide bonds. The van der Waals surface area contributed by atoms with Crippen LogP contribution in [-0.2, 0) is 35.6 Å². The third-order valence-corrected chi connectivity index (χ3v) is 4.90. The maximum atomic E-state index is 12.3. The van der Waals surface area contributed by atoms with Gasteiger partial charge in [-0.2, -0.15) is 0 Å². The Morgan fingerprint density at radius 3 is 2.57 bits per heavy atom. The molecule has 0 aliphatic carbocycles. The van der Waals surface area contributed by atoms with Gasteiger partial charge < -0.3 is 24.2 Å². The number of carbonyl (C=O) groups is 1. The quantitative estimate of drug-likeness (QED) is 0.774. The van der Waals surface area contributed by atoms with Gasteiger partial charge in [-0.1, -0.05) is 24.3 Å². The van der Waals surface area contributed by atoms with Gasteiger partial charge in [0.25, 0.3) is 0 Å². The van der Waals surface area contributed by atoms with Crippen molar-refractivity contribution in [3.63, 3.8) is 0 Å². The fourth-order valence-electron chi connectivity index (χ4n) is 3.50. The molecule has 0 atom stereocenters. The summed E-state index contributed by atoms with van der Waals surface area (Å²) in [6, 6.07) is 11.6. The first-order chi connectivity index (χ1) is 13.6. The minimum Gasteiger partial charge on any atom is -0.493 e. The molecular weight excluding hydrogens is 358 g/mol. The fraction of sp³-hybridized carbons (Fsp3) is 0.318. The lowest BCUT2D eigenvalue weighted by atomic mass is 9.96. The summed E-state index contributed by atoms with van der Waals surface area (Å²) in [6.07, 6.45) is 2.28. The fourth-order valence-corrected chi connectivity index (χ4v) is 3.50. The van der Waals surface area contributed by atoms with E-state index in [1.54, 1.807) is 14.2 Å². The molecule has 0 saturated carbocycles. The standard InChI is InChI=1S/C22H25NO5/c1-26-20-8-7-15(9-21(20)27-2)11-23-12-16-5-4-6-17(14-24)19(16)10-18(13-23)22(25)28-3/h4-9,13,24H,10-12,14H2,1-3H3. The van der Waals surface area contributed by atoms with E-state index in [0.29, 0.717) is 36.6 Å². The maximum absolute atomic E-state index is 12.3. The molecule has 148 valence electrons. The zero-order chi connectivity index (χ0) is 20.1. The molecular formula is C22H25NO5. The van der Waals surface area contributed by atoms with E-state index in [4.69, 9.17) is 14.2 Å². The van der Waals surface area contributed by atoms with E-state index in [1.807, 2.05) is 42.6 Å². The normalized spacial score (nSPS) is 13.3. The first-order valence-electron chi connectivity index (χ1n) is 9.04. The number of methoxy groups -OCH3 is 3. The second kappa shape index (κ2) is 8.80. The number of esters is 1. The van der Waals surface area contributed by atoms with Crippen LogP contribution in [0.3, 0.4) is 0 Å². The van der Waals surface area contributed by atoms with Crippen LogP contribution >= 0.6 is 0 Å². The zero-order valence-electron chi connectivity index (χ0n) is 16.4. The Kier molecular flexibility index (Phi) is 6.21. The van der Waals surface area contributed by atoms with Gasteiger partial charge in [-0.25, -0.2) is 4.79 Å². The van der Waals surface area contributed by atoms with Crippen LogP contribution in [-0.4, -0.2) is 37.3 Å². The summed E-state index contributed by atoms with van der Waals surface area (Å²) < 4.78 is 15.7. The van der Waals surface area contributed by atoms with Crippen molar-refractivity contribution in [3.05, 3.63) is 70.4 Å². The summed E-state index contributed by atoms with van der Waals surface area (Å²) in [5.74, 6) is 0.971. The van der Waals surface area contributed by atoms with Gasteiger partial charge in [0.1, 0.15) is 0 Å². The summed E-state index contributed by atoms with van der Waals surface area (Å²) in [4.78, 5) is 14.4. The van der Waals surface area contributed by atoms with Crippen LogP contribution in [0.5, 0.6) is 11.5 Å². The Morgan fingerprint density at radius 2 is 1.89 bits per heavy atom. The molecule has 1 aliphatic rings. The van der Waals surface area contributed by atoms with E-state index in [2.05, 4.69) is 4.90 Å². The molecule has 1 aliphatic heterocycles. The number of nitrogens with zero attached hydrogens (tertiary/aromatic N) is 1. The Hall–Kier alpha value is -2.99. The van der Waals surface area contributed by atoms with Crippen LogP contribution in [0.4, 0.5) is 0 Å². The molecule has 0 spiro atoms. The smallest absolute Gasteiger partial charge is 0.335 e. The highest BCUT2D eigenvalue weighted by Crippen LogP contribution is 2.30. The second-order valence-corrected chi connectivity index (χ2v) is 6.63. The van der Waals surface area contributed by atoms with Crippen molar-refractivity contribution in [2.45, 2.75) is 26.1 Å². The average molecular weight is 383 g/mol. The van der Waals surface area contributed by atoms with Gasteiger partial charge in [0.15, 0.2) is 11.5 Å². The van der Waals surface area contributed by atoms with Gasteiger partial charge in [-0.3, -0.25) is 0 Å². The van der Waals surface area contributed by atoms with E-state index in [0.717, 1.165) is 22.3 Å². The Labute approximate surface area is 164 Å². The summed E-state index contributed by atoms with van der Waals surface area (Å²) in [7, 11) is 4.59. The van der Waals surface area contributed by atoms with E-state index < -0.39 is 0 Å². The lowest BCUT2D eigenvalue weighted by Gasteiger charge is -2.21. The molecule has 0 unspecified atom stereocenters. The average Bonchev–Trinajstić information content (AvgIpc) is 2.91. The second-order valence-electron chi connectivity index (χ2n) is 6.63.